The lowest BCUT2D eigenvalue weighted by atomic mass is 9.79. The summed E-state index contributed by atoms with van der Waals surface area (Å²) in [5.41, 5.74) is 0.670. The molecule has 1 fully saturated rings. The second-order valence-electron chi connectivity index (χ2n) is 8.17. The number of hydrogen-bond acceptors (Lipinski definition) is 7. The van der Waals surface area contributed by atoms with Gasteiger partial charge in [0, 0.05) is 28.3 Å². The number of allylic oxidation sites excluding steroid dienone is 2. The van der Waals surface area contributed by atoms with Crippen molar-refractivity contribution in [1.82, 2.24) is 5.32 Å². The van der Waals surface area contributed by atoms with Gasteiger partial charge in [-0.05, 0) is 38.9 Å². The molecule has 32 heavy (non-hydrogen) atoms. The number of nitro benzene ring substituents is 1. The van der Waals surface area contributed by atoms with Crippen LogP contribution in [0.15, 0.2) is 46.8 Å². The highest BCUT2D eigenvalue weighted by atomic mass is 32.2. The smallest absolute Gasteiger partial charge is 0.336 e. The molecule has 0 aromatic heterocycles. The molecule has 0 spiro atoms. The van der Waals surface area contributed by atoms with Gasteiger partial charge in [-0.25, -0.2) is 9.59 Å². The van der Waals surface area contributed by atoms with Crippen molar-refractivity contribution in [1.29, 1.82) is 0 Å². The van der Waals surface area contributed by atoms with Crippen LogP contribution in [0.2, 0.25) is 0 Å². The number of carboxylic acid groups (broad SMARTS) is 1. The highest BCUT2D eigenvalue weighted by Crippen LogP contribution is 2.42. The number of para-hydroxylation sites is 1. The van der Waals surface area contributed by atoms with Crippen LogP contribution in [0.3, 0.4) is 0 Å². The third-order valence-electron chi connectivity index (χ3n) is 6.26. The summed E-state index contributed by atoms with van der Waals surface area (Å²) in [4.78, 5) is 36.5. The van der Waals surface area contributed by atoms with Gasteiger partial charge in [0.05, 0.1) is 22.0 Å². The predicted octanol–water partition coefficient (Wildman–Crippen LogP) is 4.38. The Morgan fingerprint density at radius 2 is 1.84 bits per heavy atom. The van der Waals surface area contributed by atoms with Crippen molar-refractivity contribution in [2.45, 2.75) is 50.7 Å². The first-order valence-corrected chi connectivity index (χ1v) is 11.9. The van der Waals surface area contributed by atoms with Crippen LogP contribution in [0.5, 0.6) is 0 Å². The minimum atomic E-state index is -1.25. The Morgan fingerprint density at radius 3 is 2.44 bits per heavy atom. The van der Waals surface area contributed by atoms with Crippen molar-refractivity contribution >= 4 is 29.4 Å². The summed E-state index contributed by atoms with van der Waals surface area (Å²) >= 11 is 1.66. The van der Waals surface area contributed by atoms with Crippen molar-refractivity contribution < 1.29 is 24.4 Å². The van der Waals surface area contributed by atoms with E-state index in [2.05, 4.69) is 5.32 Å². The van der Waals surface area contributed by atoms with Crippen LogP contribution in [0.1, 0.15) is 51.0 Å². The van der Waals surface area contributed by atoms with Gasteiger partial charge in [0.15, 0.2) is 0 Å². The third-order valence-corrected chi connectivity index (χ3v) is 7.39. The first-order chi connectivity index (χ1) is 15.3. The number of ether oxygens (including phenoxy) is 1. The first-order valence-electron chi connectivity index (χ1n) is 10.6. The molecule has 2 aliphatic rings. The molecule has 1 aliphatic carbocycles. The summed E-state index contributed by atoms with van der Waals surface area (Å²) in [7, 11) is 0. The quantitative estimate of drug-likeness (QED) is 0.333. The van der Waals surface area contributed by atoms with E-state index < -0.39 is 22.8 Å². The van der Waals surface area contributed by atoms with E-state index in [1.54, 1.807) is 31.7 Å². The van der Waals surface area contributed by atoms with Crippen LogP contribution >= 0.6 is 11.8 Å². The number of dihydropyridines is 1. The predicted molar refractivity (Wildman–Crippen MR) is 122 cm³/mol. The van der Waals surface area contributed by atoms with Crippen LogP contribution in [-0.4, -0.2) is 40.1 Å². The molecule has 9 heteroatoms. The van der Waals surface area contributed by atoms with Crippen LogP contribution < -0.4 is 5.32 Å². The number of esters is 1. The maximum atomic E-state index is 13.3. The first kappa shape index (κ1) is 23.8. The number of nitro groups is 1. The lowest BCUT2D eigenvalue weighted by Gasteiger charge is -2.30. The van der Waals surface area contributed by atoms with Crippen molar-refractivity contribution in [2.75, 3.05) is 12.9 Å². The number of carbonyl (C=O) groups excluding carboxylic acids is 1. The molecule has 1 aliphatic heterocycles. The average molecular weight is 461 g/mol. The van der Waals surface area contributed by atoms with Gasteiger partial charge in [0.25, 0.3) is 5.69 Å². The Bertz CT molecular complexity index is 980. The summed E-state index contributed by atoms with van der Waals surface area (Å²) in [6, 6.07) is 5.92. The highest BCUT2D eigenvalue weighted by Gasteiger charge is 2.40. The molecule has 8 nitrogen and oxygen atoms in total. The lowest BCUT2D eigenvalue weighted by Crippen LogP contribution is -2.33. The van der Waals surface area contributed by atoms with Crippen molar-refractivity contribution in [3.63, 3.8) is 0 Å². The topological polar surface area (TPSA) is 119 Å². The monoisotopic (exact) mass is 460 g/mol. The summed E-state index contributed by atoms with van der Waals surface area (Å²) in [6.45, 7) is 3.46. The molecule has 2 atom stereocenters. The van der Waals surface area contributed by atoms with Gasteiger partial charge in [-0.2, -0.15) is 11.8 Å². The molecular formula is C23H28N2O6S. The van der Waals surface area contributed by atoms with E-state index in [1.807, 2.05) is 6.26 Å². The molecule has 0 radical (unpaired) electrons. The summed E-state index contributed by atoms with van der Waals surface area (Å²) in [6.07, 6.45) is 6.56. The van der Waals surface area contributed by atoms with Gasteiger partial charge in [0.1, 0.15) is 6.61 Å². The largest absolute Gasteiger partial charge is 0.478 e. The normalized spacial score (nSPS) is 20.2. The van der Waals surface area contributed by atoms with Gasteiger partial charge in [-0.3, -0.25) is 10.1 Å². The van der Waals surface area contributed by atoms with E-state index in [0.717, 1.165) is 12.8 Å². The Morgan fingerprint density at radius 1 is 1.22 bits per heavy atom. The van der Waals surface area contributed by atoms with Gasteiger partial charge in [-0.1, -0.05) is 31.0 Å². The Kier molecular flexibility index (Phi) is 7.60. The maximum absolute atomic E-state index is 13.3. The zero-order valence-corrected chi connectivity index (χ0v) is 19.2. The van der Waals surface area contributed by atoms with Gasteiger partial charge in [-0.15, -0.1) is 0 Å². The summed E-state index contributed by atoms with van der Waals surface area (Å²) in [5.74, 6) is -2.52. The molecular weight excluding hydrogens is 432 g/mol. The van der Waals surface area contributed by atoms with Gasteiger partial charge < -0.3 is 15.2 Å². The van der Waals surface area contributed by atoms with Gasteiger partial charge >= 0.3 is 11.9 Å². The molecule has 1 saturated carbocycles. The average Bonchev–Trinajstić information content (AvgIpc) is 3.27. The molecule has 0 saturated heterocycles. The standard InChI is InChI=1S/C23H28N2O6S/c1-13-19(22(26)27)21(16-10-6-7-11-17(16)25(29)30)20(14(2)24-13)23(28)31-12-18(32-3)15-8-4-5-9-15/h6-7,10-11,15,18,21,24H,4-5,8-9,12H2,1-3H3,(H,26,27). The molecule has 0 amide bonds. The fraction of sp³-hybridized carbons (Fsp3) is 0.478. The van der Waals surface area contributed by atoms with E-state index in [9.17, 15) is 24.8 Å². The molecule has 2 unspecified atom stereocenters. The minimum absolute atomic E-state index is 0.0913. The summed E-state index contributed by atoms with van der Waals surface area (Å²) < 4.78 is 5.69. The van der Waals surface area contributed by atoms with E-state index in [4.69, 9.17) is 4.74 Å². The maximum Gasteiger partial charge on any atom is 0.336 e. The number of nitrogens with zero attached hydrogens (tertiary/aromatic N) is 1. The zero-order chi connectivity index (χ0) is 23.4. The minimum Gasteiger partial charge on any atom is -0.478 e. The number of nitrogens with one attached hydrogen (secondary N) is 1. The fourth-order valence-corrected chi connectivity index (χ4v) is 5.58. The number of carbonyl (C=O) groups is 2. The number of carboxylic acids is 1. The van der Waals surface area contributed by atoms with Crippen molar-refractivity contribution in [3.05, 3.63) is 62.5 Å². The van der Waals surface area contributed by atoms with Crippen molar-refractivity contribution in [3.8, 4) is 0 Å². The van der Waals surface area contributed by atoms with Crippen LogP contribution in [-0.2, 0) is 14.3 Å². The van der Waals surface area contributed by atoms with E-state index in [1.165, 1.54) is 31.0 Å². The van der Waals surface area contributed by atoms with E-state index in [0.29, 0.717) is 17.3 Å². The second-order valence-corrected chi connectivity index (χ2v) is 9.25. The van der Waals surface area contributed by atoms with Gasteiger partial charge in [0.2, 0.25) is 0 Å². The van der Waals surface area contributed by atoms with Crippen molar-refractivity contribution in [2.24, 2.45) is 5.92 Å². The molecule has 3 rings (SSSR count). The SMILES string of the molecule is CSC(COC(=O)C1=C(C)NC(C)=C(C(=O)O)C1c1ccccc1[N+](=O)[O-])C1CCCC1. The Hall–Kier alpha value is -2.81. The zero-order valence-electron chi connectivity index (χ0n) is 18.4. The molecule has 172 valence electrons. The molecule has 1 aromatic rings. The molecule has 1 heterocycles. The Balaban J connectivity index is 1.98. The van der Waals surface area contributed by atoms with Crippen LogP contribution in [0.25, 0.3) is 0 Å². The molecule has 0 bridgehead atoms. The highest BCUT2D eigenvalue weighted by molar-refractivity contribution is 7.99. The number of hydrogen-bond donors (Lipinski definition) is 2. The third kappa shape index (κ3) is 4.82. The van der Waals surface area contributed by atoms with Crippen LogP contribution in [0, 0.1) is 16.0 Å². The lowest BCUT2D eigenvalue weighted by molar-refractivity contribution is -0.385. The fourth-order valence-electron chi connectivity index (χ4n) is 4.72. The number of benzene rings is 1. The number of rotatable bonds is 8. The Labute approximate surface area is 191 Å². The number of aliphatic carboxylic acids is 1. The van der Waals surface area contributed by atoms with E-state index in [-0.39, 0.29) is 34.3 Å². The molecule has 2 N–H and O–H groups in total. The molecule has 1 aromatic carbocycles. The van der Waals surface area contributed by atoms with E-state index >= 15 is 0 Å². The number of thioether (sulfide) groups is 1. The van der Waals surface area contributed by atoms with Crippen LogP contribution in [0.4, 0.5) is 5.69 Å². The summed E-state index contributed by atoms with van der Waals surface area (Å²) in [5, 5.41) is 24.7. The second kappa shape index (κ2) is 10.2.